The number of esters is 1. The van der Waals surface area contributed by atoms with Gasteiger partial charge in [-0.25, -0.2) is 19.6 Å². The fourth-order valence-corrected chi connectivity index (χ4v) is 2.33. The lowest BCUT2D eigenvalue weighted by atomic mass is 10.1. The number of amides is 2. The Labute approximate surface area is 143 Å². The molecule has 3 aromatic rings. The lowest BCUT2D eigenvalue weighted by Gasteiger charge is -2.06. The number of rotatable bonds is 4. The topological polar surface area (TPSA) is 97.6 Å². The normalized spacial score (nSPS) is 10.5. The molecular formula is C17H17N5O3. The molecule has 0 bridgehead atoms. The summed E-state index contributed by atoms with van der Waals surface area (Å²) >= 11 is 0. The smallest absolute Gasteiger partial charge is 0.358 e. The molecule has 128 valence electrons. The van der Waals surface area contributed by atoms with Gasteiger partial charge in [-0.1, -0.05) is 0 Å². The molecule has 0 aliphatic carbocycles. The minimum atomic E-state index is -0.479. The molecule has 0 unspecified atom stereocenters. The Hall–Kier alpha value is -3.42. The summed E-state index contributed by atoms with van der Waals surface area (Å²) in [6.45, 7) is 2.39. The van der Waals surface area contributed by atoms with Crippen LogP contribution in [0.3, 0.4) is 0 Å². The highest BCUT2D eigenvalue weighted by molar-refractivity contribution is 5.88. The highest BCUT2D eigenvalue weighted by Gasteiger charge is 2.11. The van der Waals surface area contributed by atoms with Crippen molar-refractivity contribution in [2.45, 2.75) is 6.92 Å². The number of ether oxygens (including phenoxy) is 1. The molecule has 3 aromatic heterocycles. The van der Waals surface area contributed by atoms with E-state index >= 15 is 0 Å². The number of pyridine rings is 2. The Morgan fingerprint density at radius 1 is 1.16 bits per heavy atom. The molecular weight excluding hydrogens is 322 g/mol. The third-order valence-corrected chi connectivity index (χ3v) is 3.52. The standard InChI is InChI=1S/C17H17N5O3/c1-3-18-17(24)21-14-6-4-11(8-19-14)12-5-7-15-20-13(16(23)25-2)10-22(15)9-12/h4-10H,3H2,1-2H3,(H2,18,19,21,24). The summed E-state index contributed by atoms with van der Waals surface area (Å²) in [5, 5.41) is 5.28. The average Bonchev–Trinajstić information content (AvgIpc) is 3.05. The van der Waals surface area contributed by atoms with Gasteiger partial charge in [0.2, 0.25) is 0 Å². The van der Waals surface area contributed by atoms with Gasteiger partial charge in [0.1, 0.15) is 11.5 Å². The quantitative estimate of drug-likeness (QED) is 0.711. The molecule has 8 nitrogen and oxygen atoms in total. The van der Waals surface area contributed by atoms with E-state index in [2.05, 4.69) is 25.3 Å². The fraction of sp³-hybridized carbons (Fsp3) is 0.176. The van der Waals surface area contributed by atoms with E-state index in [0.717, 1.165) is 11.1 Å². The van der Waals surface area contributed by atoms with Crippen LogP contribution in [0.2, 0.25) is 0 Å². The van der Waals surface area contributed by atoms with E-state index in [-0.39, 0.29) is 11.7 Å². The van der Waals surface area contributed by atoms with Gasteiger partial charge in [0, 0.05) is 30.7 Å². The summed E-state index contributed by atoms with van der Waals surface area (Å²) in [5.41, 5.74) is 2.67. The van der Waals surface area contributed by atoms with Crippen LogP contribution in [-0.2, 0) is 4.74 Å². The zero-order valence-electron chi connectivity index (χ0n) is 13.8. The van der Waals surface area contributed by atoms with Crippen LogP contribution < -0.4 is 10.6 Å². The van der Waals surface area contributed by atoms with Crippen LogP contribution >= 0.6 is 0 Å². The van der Waals surface area contributed by atoms with Crippen molar-refractivity contribution in [1.82, 2.24) is 19.7 Å². The number of carbonyl (C=O) groups excluding carboxylic acids is 2. The van der Waals surface area contributed by atoms with Crippen LogP contribution in [0.15, 0.2) is 42.9 Å². The van der Waals surface area contributed by atoms with Gasteiger partial charge in [-0.05, 0) is 36.8 Å². The monoisotopic (exact) mass is 339 g/mol. The number of nitrogens with zero attached hydrogens (tertiary/aromatic N) is 3. The predicted molar refractivity (Wildman–Crippen MR) is 92.5 cm³/mol. The van der Waals surface area contributed by atoms with Crippen molar-refractivity contribution < 1.29 is 14.3 Å². The molecule has 0 fully saturated rings. The van der Waals surface area contributed by atoms with Gasteiger partial charge in [-0.15, -0.1) is 0 Å². The lowest BCUT2D eigenvalue weighted by Crippen LogP contribution is -2.28. The Morgan fingerprint density at radius 2 is 1.96 bits per heavy atom. The molecule has 0 saturated carbocycles. The number of aromatic nitrogens is 3. The Morgan fingerprint density at radius 3 is 2.64 bits per heavy atom. The molecule has 0 aromatic carbocycles. The number of methoxy groups -OCH3 is 1. The van der Waals surface area contributed by atoms with Crippen LogP contribution in [0.4, 0.5) is 10.6 Å². The second kappa shape index (κ2) is 7.00. The number of urea groups is 1. The van der Waals surface area contributed by atoms with Crippen molar-refractivity contribution >= 4 is 23.5 Å². The van der Waals surface area contributed by atoms with E-state index in [1.165, 1.54) is 7.11 Å². The van der Waals surface area contributed by atoms with Crippen molar-refractivity contribution in [1.29, 1.82) is 0 Å². The summed E-state index contributed by atoms with van der Waals surface area (Å²) in [7, 11) is 1.32. The molecule has 0 aliphatic heterocycles. The zero-order valence-corrected chi connectivity index (χ0v) is 13.8. The Bertz CT molecular complexity index is 918. The maximum absolute atomic E-state index is 11.6. The maximum atomic E-state index is 11.6. The van der Waals surface area contributed by atoms with Crippen LogP contribution in [0.25, 0.3) is 16.8 Å². The molecule has 3 rings (SSSR count). The average molecular weight is 339 g/mol. The largest absolute Gasteiger partial charge is 0.464 e. The van der Waals surface area contributed by atoms with Gasteiger partial charge in [0.25, 0.3) is 0 Å². The van der Waals surface area contributed by atoms with E-state index in [1.54, 1.807) is 22.9 Å². The minimum absolute atomic E-state index is 0.249. The number of hydrogen-bond donors (Lipinski definition) is 2. The van der Waals surface area contributed by atoms with E-state index in [9.17, 15) is 9.59 Å². The number of anilines is 1. The van der Waals surface area contributed by atoms with Gasteiger partial charge >= 0.3 is 12.0 Å². The fourth-order valence-electron chi connectivity index (χ4n) is 2.33. The van der Waals surface area contributed by atoms with Gasteiger partial charge in [0.15, 0.2) is 5.69 Å². The molecule has 0 saturated heterocycles. The lowest BCUT2D eigenvalue weighted by molar-refractivity contribution is 0.0595. The molecule has 0 radical (unpaired) electrons. The minimum Gasteiger partial charge on any atom is -0.464 e. The first-order chi connectivity index (χ1) is 12.1. The number of imidazole rings is 1. The number of nitrogens with one attached hydrogen (secondary N) is 2. The van der Waals surface area contributed by atoms with E-state index < -0.39 is 5.97 Å². The van der Waals surface area contributed by atoms with Crippen molar-refractivity contribution in [3.05, 3.63) is 48.5 Å². The van der Waals surface area contributed by atoms with Gasteiger partial charge in [-0.3, -0.25) is 5.32 Å². The molecule has 2 amide bonds. The molecule has 3 heterocycles. The highest BCUT2D eigenvalue weighted by atomic mass is 16.5. The van der Waals surface area contributed by atoms with E-state index in [1.807, 2.05) is 31.3 Å². The van der Waals surface area contributed by atoms with Gasteiger partial charge in [-0.2, -0.15) is 0 Å². The second-order valence-corrected chi connectivity index (χ2v) is 5.22. The Balaban J connectivity index is 1.83. The van der Waals surface area contributed by atoms with Crippen LogP contribution in [-0.4, -0.2) is 40.0 Å². The first-order valence-electron chi connectivity index (χ1n) is 7.69. The van der Waals surface area contributed by atoms with Crippen LogP contribution in [0, 0.1) is 0 Å². The number of hydrogen-bond acceptors (Lipinski definition) is 5. The molecule has 0 spiro atoms. The van der Waals surface area contributed by atoms with Crippen molar-refractivity contribution in [2.24, 2.45) is 0 Å². The molecule has 0 aliphatic rings. The van der Waals surface area contributed by atoms with Crippen LogP contribution in [0.5, 0.6) is 0 Å². The predicted octanol–water partition coefficient (Wildman–Crippen LogP) is 2.32. The van der Waals surface area contributed by atoms with Crippen molar-refractivity contribution in [3.8, 4) is 11.1 Å². The highest BCUT2D eigenvalue weighted by Crippen LogP contribution is 2.21. The molecule has 0 atom stereocenters. The summed E-state index contributed by atoms with van der Waals surface area (Å²) < 4.78 is 6.43. The first kappa shape index (κ1) is 16.4. The summed E-state index contributed by atoms with van der Waals surface area (Å²) in [6.07, 6.45) is 5.13. The van der Waals surface area contributed by atoms with Gasteiger partial charge in [0.05, 0.1) is 7.11 Å². The zero-order chi connectivity index (χ0) is 17.8. The number of carbonyl (C=O) groups is 2. The molecule has 8 heteroatoms. The summed E-state index contributed by atoms with van der Waals surface area (Å²) in [5.74, 6) is -0.0147. The second-order valence-electron chi connectivity index (χ2n) is 5.22. The summed E-state index contributed by atoms with van der Waals surface area (Å²) in [4.78, 5) is 31.5. The van der Waals surface area contributed by atoms with E-state index in [0.29, 0.717) is 18.0 Å². The number of fused-ring (bicyclic) bond motifs is 1. The molecule has 2 N–H and O–H groups in total. The Kier molecular flexibility index (Phi) is 4.60. The molecule has 25 heavy (non-hydrogen) atoms. The maximum Gasteiger partial charge on any atom is 0.358 e. The first-order valence-corrected chi connectivity index (χ1v) is 7.69. The van der Waals surface area contributed by atoms with Crippen molar-refractivity contribution in [2.75, 3.05) is 19.0 Å². The SMILES string of the molecule is CCNC(=O)Nc1ccc(-c2ccc3nc(C(=O)OC)cn3c2)cn1. The third-order valence-electron chi connectivity index (χ3n) is 3.52. The third kappa shape index (κ3) is 3.57. The van der Waals surface area contributed by atoms with Crippen LogP contribution in [0.1, 0.15) is 17.4 Å². The van der Waals surface area contributed by atoms with E-state index in [4.69, 9.17) is 0 Å². The summed E-state index contributed by atoms with van der Waals surface area (Å²) in [6, 6.07) is 6.98. The van der Waals surface area contributed by atoms with Gasteiger partial charge < -0.3 is 14.5 Å². The van der Waals surface area contributed by atoms with Crippen molar-refractivity contribution in [3.63, 3.8) is 0 Å².